The van der Waals surface area contributed by atoms with E-state index in [0.29, 0.717) is 5.69 Å². The lowest BCUT2D eigenvalue weighted by Gasteiger charge is -2.00. The number of carbonyl (C=O) groups is 1. The summed E-state index contributed by atoms with van der Waals surface area (Å²) in [6.45, 7) is 3.73. The molecule has 2 aromatic heterocycles. The first-order chi connectivity index (χ1) is 7.52. The highest BCUT2D eigenvalue weighted by Gasteiger charge is 2.20. The molecule has 0 amide bonds. The summed E-state index contributed by atoms with van der Waals surface area (Å²) in [4.78, 5) is 11.0. The van der Waals surface area contributed by atoms with E-state index < -0.39 is 5.97 Å². The summed E-state index contributed by atoms with van der Waals surface area (Å²) in [6.07, 6.45) is 1.31. The van der Waals surface area contributed by atoms with E-state index in [2.05, 4.69) is 15.3 Å². The van der Waals surface area contributed by atoms with Crippen molar-refractivity contribution in [3.05, 3.63) is 23.1 Å². The lowest BCUT2D eigenvalue weighted by atomic mass is 10.1. The Balaban J connectivity index is 2.67. The number of aromatic amines is 1. The van der Waals surface area contributed by atoms with Crippen molar-refractivity contribution < 1.29 is 9.90 Å². The minimum atomic E-state index is -0.994. The number of nitrogens with zero attached hydrogens (tertiary/aromatic N) is 3. The average Bonchev–Trinajstić information content (AvgIpc) is 2.73. The SMILES string of the molecule is Cc1nn(C)c(C)c1-c1[nH]ncc1C(=O)O. The molecule has 0 bridgehead atoms. The van der Waals surface area contributed by atoms with E-state index in [0.717, 1.165) is 17.0 Å². The van der Waals surface area contributed by atoms with Gasteiger partial charge >= 0.3 is 5.97 Å². The van der Waals surface area contributed by atoms with Crippen molar-refractivity contribution in [3.63, 3.8) is 0 Å². The fourth-order valence-corrected chi connectivity index (χ4v) is 1.77. The number of aromatic nitrogens is 4. The van der Waals surface area contributed by atoms with Gasteiger partial charge in [0.1, 0.15) is 5.56 Å². The minimum Gasteiger partial charge on any atom is -0.478 e. The number of hydrogen-bond acceptors (Lipinski definition) is 3. The third kappa shape index (κ3) is 1.39. The monoisotopic (exact) mass is 220 g/mol. The summed E-state index contributed by atoms with van der Waals surface area (Å²) in [7, 11) is 1.82. The molecule has 0 aliphatic heterocycles. The van der Waals surface area contributed by atoms with Crippen molar-refractivity contribution in [1.82, 2.24) is 20.0 Å². The number of H-pyrrole nitrogens is 1. The maximum Gasteiger partial charge on any atom is 0.339 e. The normalized spacial score (nSPS) is 10.7. The molecule has 0 saturated carbocycles. The van der Waals surface area contributed by atoms with Crippen LogP contribution in [0.1, 0.15) is 21.7 Å². The predicted octanol–water partition coefficient (Wildman–Crippen LogP) is 1.13. The Morgan fingerprint density at radius 1 is 1.50 bits per heavy atom. The van der Waals surface area contributed by atoms with Crippen molar-refractivity contribution in [2.75, 3.05) is 0 Å². The number of carboxylic acid groups (broad SMARTS) is 1. The van der Waals surface area contributed by atoms with Gasteiger partial charge in [0.15, 0.2) is 0 Å². The van der Waals surface area contributed by atoms with Gasteiger partial charge < -0.3 is 5.11 Å². The first-order valence-electron chi connectivity index (χ1n) is 4.79. The minimum absolute atomic E-state index is 0.166. The molecule has 0 aromatic carbocycles. The molecule has 2 N–H and O–H groups in total. The number of aryl methyl sites for hydroxylation is 2. The highest BCUT2D eigenvalue weighted by molar-refractivity contribution is 5.95. The second-order valence-electron chi connectivity index (χ2n) is 3.63. The molecule has 16 heavy (non-hydrogen) atoms. The van der Waals surface area contributed by atoms with Crippen LogP contribution < -0.4 is 0 Å². The first-order valence-corrected chi connectivity index (χ1v) is 4.79. The molecule has 0 fully saturated rings. The number of nitrogens with one attached hydrogen (secondary N) is 1. The number of rotatable bonds is 2. The molecule has 2 heterocycles. The van der Waals surface area contributed by atoms with Gasteiger partial charge in [0.25, 0.3) is 0 Å². The zero-order valence-electron chi connectivity index (χ0n) is 9.27. The van der Waals surface area contributed by atoms with Crippen molar-refractivity contribution in [3.8, 4) is 11.3 Å². The van der Waals surface area contributed by atoms with Crippen molar-refractivity contribution in [2.45, 2.75) is 13.8 Å². The lowest BCUT2D eigenvalue weighted by Crippen LogP contribution is -1.98. The van der Waals surface area contributed by atoms with Gasteiger partial charge in [-0.2, -0.15) is 10.2 Å². The fourth-order valence-electron chi connectivity index (χ4n) is 1.77. The lowest BCUT2D eigenvalue weighted by molar-refractivity contribution is 0.0698. The van der Waals surface area contributed by atoms with Gasteiger partial charge in [-0.1, -0.05) is 0 Å². The Morgan fingerprint density at radius 3 is 2.69 bits per heavy atom. The molecule has 0 unspecified atom stereocenters. The van der Waals surface area contributed by atoms with E-state index in [9.17, 15) is 4.79 Å². The Bertz CT molecular complexity index is 553. The molecule has 0 atom stereocenters. The molecule has 0 spiro atoms. The van der Waals surface area contributed by atoms with E-state index in [4.69, 9.17) is 5.11 Å². The van der Waals surface area contributed by atoms with Crippen LogP contribution in [0, 0.1) is 13.8 Å². The molecular weight excluding hydrogens is 208 g/mol. The van der Waals surface area contributed by atoms with E-state index in [1.54, 1.807) is 4.68 Å². The molecule has 0 aliphatic carbocycles. The Hall–Kier alpha value is -2.11. The van der Waals surface area contributed by atoms with E-state index in [-0.39, 0.29) is 5.56 Å². The standard InChI is InChI=1S/C10H12N4O2/c1-5-8(6(2)14(3)13-5)9-7(10(15)16)4-11-12-9/h4H,1-3H3,(H,11,12)(H,15,16). The summed E-state index contributed by atoms with van der Waals surface area (Å²) in [5.41, 5.74) is 3.17. The molecule has 0 saturated heterocycles. The van der Waals surface area contributed by atoms with Crippen LogP contribution >= 0.6 is 0 Å². The molecular formula is C10H12N4O2. The van der Waals surface area contributed by atoms with Crippen molar-refractivity contribution in [2.24, 2.45) is 7.05 Å². The van der Waals surface area contributed by atoms with Crippen LogP contribution in [0.5, 0.6) is 0 Å². The second-order valence-corrected chi connectivity index (χ2v) is 3.63. The molecule has 84 valence electrons. The number of carboxylic acids is 1. The summed E-state index contributed by atoms with van der Waals surface area (Å²) >= 11 is 0. The van der Waals surface area contributed by atoms with Gasteiger partial charge in [-0.3, -0.25) is 9.78 Å². The Morgan fingerprint density at radius 2 is 2.19 bits per heavy atom. The molecule has 0 radical (unpaired) electrons. The van der Waals surface area contributed by atoms with Gasteiger partial charge in [-0.05, 0) is 13.8 Å². The zero-order chi connectivity index (χ0) is 11.9. The van der Waals surface area contributed by atoms with Crippen LogP contribution in [0.3, 0.4) is 0 Å². The smallest absolute Gasteiger partial charge is 0.339 e. The largest absolute Gasteiger partial charge is 0.478 e. The van der Waals surface area contributed by atoms with Gasteiger partial charge in [0.2, 0.25) is 0 Å². The fraction of sp³-hybridized carbons (Fsp3) is 0.300. The highest BCUT2D eigenvalue weighted by atomic mass is 16.4. The van der Waals surface area contributed by atoms with Crippen LogP contribution in [0.4, 0.5) is 0 Å². The molecule has 6 heteroatoms. The van der Waals surface area contributed by atoms with Crippen molar-refractivity contribution >= 4 is 5.97 Å². The van der Waals surface area contributed by atoms with Crippen LogP contribution in [0.15, 0.2) is 6.20 Å². The Labute approximate surface area is 91.9 Å². The quantitative estimate of drug-likeness (QED) is 0.794. The van der Waals surface area contributed by atoms with Gasteiger partial charge in [-0.25, -0.2) is 4.79 Å². The van der Waals surface area contributed by atoms with Gasteiger partial charge in [0.05, 0.1) is 17.6 Å². The van der Waals surface area contributed by atoms with Crippen LogP contribution in [-0.2, 0) is 7.05 Å². The summed E-state index contributed by atoms with van der Waals surface area (Å²) < 4.78 is 1.72. The third-order valence-electron chi connectivity index (χ3n) is 2.63. The van der Waals surface area contributed by atoms with Gasteiger partial charge in [0, 0.05) is 18.3 Å². The first kappa shape index (κ1) is 10.4. The maximum absolute atomic E-state index is 11.0. The van der Waals surface area contributed by atoms with Crippen LogP contribution in [0.2, 0.25) is 0 Å². The third-order valence-corrected chi connectivity index (χ3v) is 2.63. The van der Waals surface area contributed by atoms with E-state index >= 15 is 0 Å². The number of aromatic carboxylic acids is 1. The summed E-state index contributed by atoms with van der Waals surface area (Å²) in [6, 6.07) is 0. The summed E-state index contributed by atoms with van der Waals surface area (Å²) in [5, 5.41) is 19.7. The molecule has 2 rings (SSSR count). The maximum atomic E-state index is 11.0. The summed E-state index contributed by atoms with van der Waals surface area (Å²) in [5.74, 6) is -0.994. The number of hydrogen-bond donors (Lipinski definition) is 2. The predicted molar refractivity (Wildman–Crippen MR) is 57.2 cm³/mol. The zero-order valence-corrected chi connectivity index (χ0v) is 9.27. The Kier molecular flexibility index (Phi) is 2.26. The molecule has 2 aromatic rings. The van der Waals surface area contributed by atoms with E-state index in [1.807, 2.05) is 20.9 Å². The molecule has 0 aliphatic rings. The van der Waals surface area contributed by atoms with E-state index in [1.165, 1.54) is 6.20 Å². The second kappa shape index (κ2) is 3.48. The highest BCUT2D eigenvalue weighted by Crippen LogP contribution is 2.27. The van der Waals surface area contributed by atoms with Crippen LogP contribution in [0.25, 0.3) is 11.3 Å². The van der Waals surface area contributed by atoms with Crippen molar-refractivity contribution in [1.29, 1.82) is 0 Å². The average molecular weight is 220 g/mol. The van der Waals surface area contributed by atoms with Gasteiger partial charge in [-0.15, -0.1) is 0 Å². The van der Waals surface area contributed by atoms with Crippen LogP contribution in [-0.4, -0.2) is 31.1 Å². The topological polar surface area (TPSA) is 83.8 Å². The molecule has 6 nitrogen and oxygen atoms in total.